The number of hydrogen-bond donors (Lipinski definition) is 2. The van der Waals surface area contributed by atoms with Crippen molar-refractivity contribution in [2.75, 3.05) is 13.6 Å². The molecule has 1 aromatic rings. The van der Waals surface area contributed by atoms with E-state index in [2.05, 4.69) is 52.9 Å². The van der Waals surface area contributed by atoms with E-state index < -0.39 is 0 Å². The molecule has 2 fully saturated rings. The zero-order valence-electron chi connectivity index (χ0n) is 11.8. The van der Waals surface area contributed by atoms with Crippen molar-refractivity contribution in [1.29, 1.82) is 0 Å². The lowest BCUT2D eigenvalue weighted by Crippen LogP contribution is -2.42. The molecule has 0 aromatic heterocycles. The highest BCUT2D eigenvalue weighted by molar-refractivity contribution is 5.80. The normalized spacial score (nSPS) is 27.8. The van der Waals surface area contributed by atoms with Gasteiger partial charge < -0.3 is 10.6 Å². The van der Waals surface area contributed by atoms with Gasteiger partial charge in [-0.1, -0.05) is 37.3 Å². The Morgan fingerprint density at radius 2 is 2.00 bits per heavy atom. The average Bonchev–Trinajstić information content (AvgIpc) is 3.35. The number of nitrogens with zero attached hydrogens (tertiary/aromatic N) is 1. The molecule has 0 spiro atoms. The summed E-state index contributed by atoms with van der Waals surface area (Å²) < 4.78 is 0. The first-order valence-electron chi connectivity index (χ1n) is 7.26. The number of aliphatic imine (C=N–C) groups is 1. The monoisotopic (exact) mass is 257 g/mol. The molecule has 19 heavy (non-hydrogen) atoms. The van der Waals surface area contributed by atoms with Gasteiger partial charge in [-0.3, -0.25) is 4.99 Å². The van der Waals surface area contributed by atoms with E-state index in [9.17, 15) is 0 Å². The molecule has 1 aromatic carbocycles. The number of hydrogen-bond acceptors (Lipinski definition) is 1. The maximum absolute atomic E-state index is 4.32. The van der Waals surface area contributed by atoms with Crippen molar-refractivity contribution in [1.82, 2.24) is 10.6 Å². The van der Waals surface area contributed by atoms with Gasteiger partial charge in [0, 0.05) is 25.0 Å². The molecule has 0 amide bonds. The lowest BCUT2D eigenvalue weighted by atomic mass is 9.96. The van der Waals surface area contributed by atoms with Crippen LogP contribution in [0.15, 0.2) is 35.3 Å². The van der Waals surface area contributed by atoms with Gasteiger partial charge in [0.2, 0.25) is 0 Å². The van der Waals surface area contributed by atoms with Crippen molar-refractivity contribution in [2.24, 2.45) is 10.9 Å². The molecule has 3 nitrogen and oxygen atoms in total. The minimum absolute atomic E-state index is 0.341. The van der Waals surface area contributed by atoms with Crippen molar-refractivity contribution in [3.05, 3.63) is 35.9 Å². The molecule has 102 valence electrons. The minimum Gasteiger partial charge on any atom is -0.356 e. The molecule has 0 saturated heterocycles. The summed E-state index contributed by atoms with van der Waals surface area (Å²) in [4.78, 5) is 4.32. The fourth-order valence-electron chi connectivity index (χ4n) is 2.66. The van der Waals surface area contributed by atoms with Crippen LogP contribution in [-0.2, 0) is 5.41 Å². The molecule has 2 aliphatic carbocycles. The molecule has 2 aliphatic rings. The molecule has 0 heterocycles. The number of benzene rings is 1. The maximum Gasteiger partial charge on any atom is 0.191 e. The van der Waals surface area contributed by atoms with Crippen molar-refractivity contribution in [2.45, 2.75) is 37.6 Å². The molecular formula is C16H23N3. The number of rotatable bonds is 4. The first-order valence-corrected chi connectivity index (χ1v) is 7.26. The molecular weight excluding hydrogens is 234 g/mol. The van der Waals surface area contributed by atoms with E-state index >= 15 is 0 Å². The Morgan fingerprint density at radius 1 is 1.32 bits per heavy atom. The topological polar surface area (TPSA) is 36.4 Å². The summed E-state index contributed by atoms with van der Waals surface area (Å²) in [5.41, 5.74) is 1.80. The summed E-state index contributed by atoms with van der Waals surface area (Å²) in [5.74, 6) is 1.75. The summed E-state index contributed by atoms with van der Waals surface area (Å²) in [7, 11) is 1.85. The smallest absolute Gasteiger partial charge is 0.191 e. The lowest BCUT2D eigenvalue weighted by molar-refractivity contribution is 0.642. The largest absolute Gasteiger partial charge is 0.356 e. The van der Waals surface area contributed by atoms with E-state index in [1.54, 1.807) is 0 Å². The predicted octanol–water partition coefficient (Wildman–Crippen LogP) is 2.29. The van der Waals surface area contributed by atoms with Gasteiger partial charge in [0.1, 0.15) is 0 Å². The third-order valence-electron chi connectivity index (χ3n) is 4.49. The molecule has 2 unspecified atom stereocenters. The van der Waals surface area contributed by atoms with E-state index in [4.69, 9.17) is 0 Å². The van der Waals surface area contributed by atoms with Gasteiger partial charge in [-0.2, -0.15) is 0 Å². The van der Waals surface area contributed by atoms with E-state index in [1.807, 2.05) is 7.05 Å². The second-order valence-corrected chi connectivity index (χ2v) is 6.04. The Bertz CT molecular complexity index is 462. The van der Waals surface area contributed by atoms with Gasteiger partial charge in [-0.05, 0) is 30.7 Å². The molecule has 3 rings (SSSR count). The second kappa shape index (κ2) is 4.87. The van der Waals surface area contributed by atoms with Gasteiger partial charge in [0.25, 0.3) is 0 Å². The first kappa shape index (κ1) is 12.5. The highest BCUT2D eigenvalue weighted by Crippen LogP contribution is 2.47. The van der Waals surface area contributed by atoms with Gasteiger partial charge in [0.15, 0.2) is 5.96 Å². The second-order valence-electron chi connectivity index (χ2n) is 6.04. The van der Waals surface area contributed by atoms with Gasteiger partial charge in [-0.15, -0.1) is 0 Å². The Labute approximate surface area is 115 Å². The third kappa shape index (κ3) is 2.75. The first-order chi connectivity index (χ1) is 9.23. The standard InChI is InChI=1S/C16H23N3/c1-12-10-14(12)19-15(17-2)18-11-16(8-9-16)13-6-4-3-5-7-13/h3-7,12,14H,8-11H2,1-2H3,(H2,17,18,19). The molecule has 3 heteroatoms. The summed E-state index contributed by atoms with van der Waals surface area (Å²) in [6.45, 7) is 3.26. The molecule has 0 bridgehead atoms. The molecule has 0 aliphatic heterocycles. The van der Waals surface area contributed by atoms with Crippen LogP contribution < -0.4 is 10.6 Å². The van der Waals surface area contributed by atoms with Crippen LogP contribution in [-0.4, -0.2) is 25.6 Å². The summed E-state index contributed by atoms with van der Waals surface area (Å²) >= 11 is 0. The fraction of sp³-hybridized carbons (Fsp3) is 0.562. The Kier molecular flexibility index (Phi) is 3.21. The molecule has 2 N–H and O–H groups in total. The van der Waals surface area contributed by atoms with Crippen LogP contribution in [0.25, 0.3) is 0 Å². The third-order valence-corrected chi connectivity index (χ3v) is 4.49. The highest BCUT2D eigenvalue weighted by atomic mass is 15.2. The van der Waals surface area contributed by atoms with Crippen molar-refractivity contribution in [3.63, 3.8) is 0 Å². The molecule has 0 radical (unpaired) electrons. The van der Waals surface area contributed by atoms with Crippen molar-refractivity contribution < 1.29 is 0 Å². The fourth-order valence-corrected chi connectivity index (χ4v) is 2.66. The zero-order valence-corrected chi connectivity index (χ0v) is 11.8. The molecule has 2 atom stereocenters. The zero-order chi connectivity index (χ0) is 13.3. The summed E-state index contributed by atoms with van der Waals surface area (Å²) in [5, 5.41) is 6.98. The van der Waals surface area contributed by atoms with Gasteiger partial charge in [0.05, 0.1) is 0 Å². The Balaban J connectivity index is 1.57. The minimum atomic E-state index is 0.341. The van der Waals surface area contributed by atoms with Crippen LogP contribution in [0, 0.1) is 5.92 Å². The van der Waals surface area contributed by atoms with E-state index in [-0.39, 0.29) is 0 Å². The maximum atomic E-state index is 4.32. The van der Waals surface area contributed by atoms with Crippen molar-refractivity contribution >= 4 is 5.96 Å². The molecule has 2 saturated carbocycles. The van der Waals surface area contributed by atoms with Crippen LogP contribution in [0.5, 0.6) is 0 Å². The van der Waals surface area contributed by atoms with Crippen LogP contribution in [0.1, 0.15) is 31.7 Å². The summed E-state index contributed by atoms with van der Waals surface area (Å²) in [6, 6.07) is 11.5. The van der Waals surface area contributed by atoms with Crippen LogP contribution in [0.3, 0.4) is 0 Å². The predicted molar refractivity (Wildman–Crippen MR) is 79.4 cm³/mol. The SMILES string of the molecule is CN=C(NCC1(c2ccccc2)CC1)NC1CC1C. The van der Waals surface area contributed by atoms with Crippen LogP contribution in [0.2, 0.25) is 0 Å². The Morgan fingerprint density at radius 3 is 2.53 bits per heavy atom. The van der Waals surface area contributed by atoms with E-state index in [0.29, 0.717) is 11.5 Å². The van der Waals surface area contributed by atoms with Crippen molar-refractivity contribution in [3.8, 4) is 0 Å². The number of nitrogens with one attached hydrogen (secondary N) is 2. The number of guanidine groups is 1. The highest BCUT2D eigenvalue weighted by Gasteiger charge is 2.44. The quantitative estimate of drug-likeness (QED) is 0.641. The van der Waals surface area contributed by atoms with E-state index in [1.165, 1.54) is 24.8 Å². The Hall–Kier alpha value is -1.51. The van der Waals surface area contributed by atoms with Crippen LogP contribution in [0.4, 0.5) is 0 Å². The van der Waals surface area contributed by atoms with Gasteiger partial charge >= 0.3 is 0 Å². The van der Waals surface area contributed by atoms with Gasteiger partial charge in [-0.25, -0.2) is 0 Å². The van der Waals surface area contributed by atoms with E-state index in [0.717, 1.165) is 18.4 Å². The lowest BCUT2D eigenvalue weighted by Gasteiger charge is -2.19. The van der Waals surface area contributed by atoms with Crippen LogP contribution >= 0.6 is 0 Å². The average molecular weight is 257 g/mol. The summed E-state index contributed by atoms with van der Waals surface area (Å²) in [6.07, 6.45) is 3.83.